The molecule has 1 aromatic heterocycles. The van der Waals surface area contributed by atoms with Gasteiger partial charge in [0.15, 0.2) is 0 Å². The van der Waals surface area contributed by atoms with Crippen LogP contribution in [0.15, 0.2) is 12.4 Å². The minimum Gasteiger partial charge on any atom is -0.278 e. The molecule has 0 aliphatic carbocycles. The molecule has 106 valence electrons. The lowest BCUT2D eigenvalue weighted by Gasteiger charge is -2.28. The number of carbonyl (C=O) groups is 1. The van der Waals surface area contributed by atoms with Gasteiger partial charge in [-0.1, -0.05) is 27.7 Å². The van der Waals surface area contributed by atoms with Crippen molar-refractivity contribution in [3.63, 3.8) is 0 Å². The number of hydrogen-bond donors (Lipinski definition) is 0. The molecule has 0 unspecified atom stereocenters. The topological polar surface area (TPSA) is 46.1 Å². The molecule has 0 bridgehead atoms. The van der Waals surface area contributed by atoms with Crippen LogP contribution in [0, 0.1) is 0 Å². The maximum atomic E-state index is 12.3. The molecule has 0 spiro atoms. The Balaban J connectivity index is 3.03. The van der Waals surface area contributed by atoms with Crippen LogP contribution in [0.4, 0.5) is 5.95 Å². The van der Waals surface area contributed by atoms with Crippen molar-refractivity contribution in [3.05, 3.63) is 18.0 Å². The third-order valence-electron chi connectivity index (χ3n) is 3.36. The predicted octanol–water partition coefficient (Wildman–Crippen LogP) is 3.36. The molecule has 0 radical (unpaired) electrons. The van der Waals surface area contributed by atoms with Crippen LogP contribution in [-0.4, -0.2) is 21.9 Å². The van der Waals surface area contributed by atoms with Gasteiger partial charge in [0.1, 0.15) is 0 Å². The molecular weight excluding hydrogens is 238 g/mol. The summed E-state index contributed by atoms with van der Waals surface area (Å²) >= 11 is 0. The van der Waals surface area contributed by atoms with Gasteiger partial charge >= 0.3 is 0 Å². The van der Waals surface area contributed by atoms with Crippen LogP contribution in [-0.2, 0) is 11.2 Å². The molecule has 0 saturated heterocycles. The lowest BCUT2D eigenvalue weighted by atomic mass is 10.1. The zero-order valence-electron chi connectivity index (χ0n) is 12.5. The van der Waals surface area contributed by atoms with E-state index in [9.17, 15) is 4.79 Å². The van der Waals surface area contributed by atoms with Crippen molar-refractivity contribution in [2.24, 2.45) is 0 Å². The SMILES string of the molecule is CCCC(=O)N(c1ncc(CC)cn1)C(CC)CC. The minimum atomic E-state index is 0.125. The summed E-state index contributed by atoms with van der Waals surface area (Å²) < 4.78 is 0. The number of rotatable bonds is 7. The van der Waals surface area contributed by atoms with E-state index < -0.39 is 0 Å². The van der Waals surface area contributed by atoms with Gasteiger partial charge in [-0.2, -0.15) is 0 Å². The van der Waals surface area contributed by atoms with Crippen LogP contribution < -0.4 is 4.90 Å². The molecule has 19 heavy (non-hydrogen) atoms. The Kier molecular flexibility index (Phi) is 6.46. The second kappa shape index (κ2) is 7.87. The van der Waals surface area contributed by atoms with Crippen LogP contribution >= 0.6 is 0 Å². The van der Waals surface area contributed by atoms with E-state index in [0.717, 1.165) is 31.2 Å². The number of carbonyl (C=O) groups excluding carboxylic acids is 1. The van der Waals surface area contributed by atoms with E-state index in [1.54, 1.807) is 4.90 Å². The monoisotopic (exact) mass is 263 g/mol. The molecule has 1 rings (SSSR count). The smallest absolute Gasteiger partial charge is 0.232 e. The van der Waals surface area contributed by atoms with Crippen LogP contribution in [0.5, 0.6) is 0 Å². The van der Waals surface area contributed by atoms with Crippen molar-refractivity contribution >= 4 is 11.9 Å². The van der Waals surface area contributed by atoms with Crippen molar-refractivity contribution in [2.45, 2.75) is 65.8 Å². The molecule has 1 aromatic rings. The Bertz CT molecular complexity index is 385. The third-order valence-corrected chi connectivity index (χ3v) is 3.36. The number of hydrogen-bond acceptors (Lipinski definition) is 3. The summed E-state index contributed by atoms with van der Waals surface area (Å²) in [6.07, 6.45) is 7.79. The van der Waals surface area contributed by atoms with Crippen LogP contribution in [0.3, 0.4) is 0 Å². The van der Waals surface area contributed by atoms with Crippen LogP contribution in [0.1, 0.15) is 58.9 Å². The second-order valence-corrected chi connectivity index (χ2v) is 4.73. The first kappa shape index (κ1) is 15.6. The summed E-state index contributed by atoms with van der Waals surface area (Å²) in [7, 11) is 0. The molecule has 4 nitrogen and oxygen atoms in total. The highest BCUT2D eigenvalue weighted by Crippen LogP contribution is 2.18. The molecule has 0 fully saturated rings. The van der Waals surface area contributed by atoms with E-state index in [4.69, 9.17) is 0 Å². The van der Waals surface area contributed by atoms with Gasteiger partial charge in [0.05, 0.1) is 0 Å². The molecule has 0 atom stereocenters. The summed E-state index contributed by atoms with van der Waals surface area (Å²) in [5, 5.41) is 0. The third kappa shape index (κ3) is 4.01. The fraction of sp³-hybridized carbons (Fsp3) is 0.667. The highest BCUT2D eigenvalue weighted by atomic mass is 16.2. The Morgan fingerprint density at radius 2 is 1.74 bits per heavy atom. The summed E-state index contributed by atoms with van der Waals surface area (Å²) in [5.41, 5.74) is 1.09. The number of anilines is 1. The molecule has 0 aliphatic heterocycles. The molecule has 1 amide bonds. The Hall–Kier alpha value is -1.45. The van der Waals surface area contributed by atoms with Crippen molar-refractivity contribution in [3.8, 4) is 0 Å². The first-order valence-electron chi connectivity index (χ1n) is 7.30. The van der Waals surface area contributed by atoms with Gasteiger partial charge < -0.3 is 0 Å². The summed E-state index contributed by atoms with van der Waals surface area (Å²) in [5.74, 6) is 0.671. The van der Waals surface area contributed by atoms with Crippen LogP contribution in [0.25, 0.3) is 0 Å². The fourth-order valence-electron chi connectivity index (χ4n) is 2.12. The Morgan fingerprint density at radius 3 is 2.16 bits per heavy atom. The fourth-order valence-corrected chi connectivity index (χ4v) is 2.12. The minimum absolute atomic E-state index is 0.125. The van der Waals surface area contributed by atoms with E-state index in [0.29, 0.717) is 12.4 Å². The highest BCUT2D eigenvalue weighted by Gasteiger charge is 2.24. The molecule has 0 N–H and O–H groups in total. The maximum Gasteiger partial charge on any atom is 0.232 e. The molecule has 0 saturated carbocycles. The zero-order chi connectivity index (χ0) is 14.3. The highest BCUT2D eigenvalue weighted by molar-refractivity contribution is 5.92. The summed E-state index contributed by atoms with van der Waals surface area (Å²) in [6.45, 7) is 8.28. The van der Waals surface area contributed by atoms with Gasteiger partial charge in [0, 0.05) is 24.9 Å². The van der Waals surface area contributed by atoms with Gasteiger partial charge in [0.2, 0.25) is 11.9 Å². The largest absolute Gasteiger partial charge is 0.278 e. The quantitative estimate of drug-likeness (QED) is 0.757. The molecule has 0 aromatic carbocycles. The van der Waals surface area contributed by atoms with E-state index in [2.05, 4.69) is 30.7 Å². The van der Waals surface area contributed by atoms with Gasteiger partial charge in [-0.05, 0) is 31.2 Å². The van der Waals surface area contributed by atoms with E-state index in [1.807, 2.05) is 19.3 Å². The first-order chi connectivity index (χ1) is 9.17. The van der Waals surface area contributed by atoms with Gasteiger partial charge in [-0.15, -0.1) is 0 Å². The maximum absolute atomic E-state index is 12.3. The van der Waals surface area contributed by atoms with Gasteiger partial charge in [-0.3, -0.25) is 9.69 Å². The number of aryl methyl sites for hydroxylation is 1. The Labute approximate surface area is 116 Å². The van der Waals surface area contributed by atoms with E-state index in [-0.39, 0.29) is 11.9 Å². The summed E-state index contributed by atoms with van der Waals surface area (Å²) in [6, 6.07) is 0.187. The summed E-state index contributed by atoms with van der Waals surface area (Å²) in [4.78, 5) is 22.8. The van der Waals surface area contributed by atoms with E-state index >= 15 is 0 Å². The lowest BCUT2D eigenvalue weighted by molar-refractivity contribution is -0.119. The average Bonchev–Trinajstić information content (AvgIpc) is 2.45. The second-order valence-electron chi connectivity index (χ2n) is 4.73. The Morgan fingerprint density at radius 1 is 1.16 bits per heavy atom. The lowest BCUT2D eigenvalue weighted by Crippen LogP contribution is -2.41. The number of amides is 1. The van der Waals surface area contributed by atoms with Gasteiger partial charge in [-0.25, -0.2) is 9.97 Å². The standard InChI is InChI=1S/C15H25N3O/c1-5-9-14(19)18(13(7-3)8-4)15-16-10-12(6-2)11-17-15/h10-11,13H,5-9H2,1-4H3. The van der Waals surface area contributed by atoms with Crippen molar-refractivity contribution in [1.29, 1.82) is 0 Å². The predicted molar refractivity (Wildman–Crippen MR) is 78.2 cm³/mol. The molecule has 0 aliphatic rings. The van der Waals surface area contributed by atoms with Crippen molar-refractivity contribution < 1.29 is 4.79 Å². The zero-order valence-corrected chi connectivity index (χ0v) is 12.5. The average molecular weight is 263 g/mol. The van der Waals surface area contributed by atoms with Crippen molar-refractivity contribution in [1.82, 2.24) is 9.97 Å². The molecule has 1 heterocycles. The molecular formula is C15H25N3O. The first-order valence-corrected chi connectivity index (χ1v) is 7.30. The number of aromatic nitrogens is 2. The normalized spacial score (nSPS) is 10.8. The van der Waals surface area contributed by atoms with E-state index in [1.165, 1.54) is 0 Å². The van der Waals surface area contributed by atoms with Crippen molar-refractivity contribution in [2.75, 3.05) is 4.90 Å². The van der Waals surface area contributed by atoms with Crippen LogP contribution in [0.2, 0.25) is 0 Å². The van der Waals surface area contributed by atoms with Gasteiger partial charge in [0.25, 0.3) is 0 Å². The number of nitrogens with zero attached hydrogens (tertiary/aromatic N) is 3. The molecule has 4 heteroatoms.